The number of aromatic amines is 1. The third-order valence-corrected chi connectivity index (χ3v) is 5.70. The number of methoxy groups -OCH3 is 1. The van der Waals surface area contributed by atoms with E-state index in [0.717, 1.165) is 33.5 Å². The van der Waals surface area contributed by atoms with Crippen LogP contribution in [0, 0.1) is 6.92 Å². The van der Waals surface area contributed by atoms with Crippen LogP contribution in [0.2, 0.25) is 0 Å². The highest BCUT2D eigenvalue weighted by atomic mass is 32.1. The van der Waals surface area contributed by atoms with E-state index in [4.69, 9.17) is 9.72 Å². The van der Waals surface area contributed by atoms with Crippen LogP contribution >= 0.6 is 11.7 Å². The Morgan fingerprint density at radius 3 is 2.58 bits per heavy atom. The number of rotatable bonds is 5. The number of carbonyl (C=O) groups is 1. The molecule has 0 aliphatic carbocycles. The summed E-state index contributed by atoms with van der Waals surface area (Å²) in [6, 6.07) is 21.2. The smallest absolute Gasteiger partial charge is 0.341 e. The largest absolute Gasteiger partial charge is 0.465 e. The van der Waals surface area contributed by atoms with Crippen molar-refractivity contribution < 1.29 is 9.53 Å². The molecule has 33 heavy (non-hydrogen) atoms. The maximum Gasteiger partial charge on any atom is 0.341 e. The Bertz CT molecular complexity index is 1490. The summed E-state index contributed by atoms with van der Waals surface area (Å²) in [6.07, 6.45) is 1.76. The van der Waals surface area contributed by atoms with Crippen LogP contribution in [0.4, 0.5) is 0 Å². The Hall–Kier alpha value is -4.17. The van der Waals surface area contributed by atoms with Crippen molar-refractivity contribution in [2.45, 2.75) is 6.92 Å². The first-order valence-corrected chi connectivity index (χ1v) is 11.0. The minimum Gasteiger partial charge on any atom is -0.465 e. The summed E-state index contributed by atoms with van der Waals surface area (Å²) in [5.74, 6) is -0.0856. The number of hydrogen-bond donors (Lipinski definition) is 1. The topological polar surface area (TPSA) is 93.7 Å². The van der Waals surface area contributed by atoms with E-state index in [9.17, 15) is 4.79 Å². The lowest BCUT2D eigenvalue weighted by atomic mass is 10.1. The van der Waals surface area contributed by atoms with Crippen molar-refractivity contribution in [3.63, 3.8) is 0 Å². The SMILES string of the molecule is COC(=O)C(=Cc1ccccc1)c1nc(-c2ccc3nsnc3c2)c(-c2cccc(C)n2)[nH]1. The number of benzene rings is 2. The maximum absolute atomic E-state index is 12.7. The van der Waals surface area contributed by atoms with Crippen molar-refractivity contribution in [3.8, 4) is 22.6 Å². The van der Waals surface area contributed by atoms with E-state index >= 15 is 0 Å². The van der Waals surface area contributed by atoms with Gasteiger partial charge in [0.15, 0.2) is 0 Å². The van der Waals surface area contributed by atoms with Gasteiger partial charge in [0.25, 0.3) is 0 Å². The third kappa shape index (κ3) is 4.16. The molecular formula is C25H19N5O2S. The third-order valence-electron chi connectivity index (χ3n) is 5.15. The van der Waals surface area contributed by atoms with Crippen LogP contribution in [-0.4, -0.2) is 36.8 Å². The van der Waals surface area contributed by atoms with Crippen LogP contribution in [0.25, 0.3) is 45.3 Å². The Morgan fingerprint density at radius 2 is 1.79 bits per heavy atom. The minimum absolute atomic E-state index is 0.320. The number of carbonyl (C=O) groups excluding carboxylic acids is 1. The van der Waals surface area contributed by atoms with Crippen LogP contribution in [0.15, 0.2) is 66.7 Å². The molecule has 162 valence electrons. The number of pyridine rings is 1. The lowest BCUT2D eigenvalue weighted by Crippen LogP contribution is -2.05. The van der Waals surface area contributed by atoms with Gasteiger partial charge >= 0.3 is 5.97 Å². The summed E-state index contributed by atoms with van der Waals surface area (Å²) in [4.78, 5) is 25.6. The number of ether oxygens (including phenoxy) is 1. The molecule has 0 unspecified atom stereocenters. The average molecular weight is 454 g/mol. The van der Waals surface area contributed by atoms with Crippen LogP contribution in [-0.2, 0) is 9.53 Å². The molecule has 2 aromatic carbocycles. The van der Waals surface area contributed by atoms with E-state index in [-0.39, 0.29) is 0 Å². The van der Waals surface area contributed by atoms with Gasteiger partial charge in [-0.15, -0.1) is 0 Å². The molecule has 0 saturated heterocycles. The summed E-state index contributed by atoms with van der Waals surface area (Å²) in [6.45, 7) is 1.93. The summed E-state index contributed by atoms with van der Waals surface area (Å²) < 4.78 is 13.7. The predicted molar refractivity (Wildman–Crippen MR) is 129 cm³/mol. The summed E-state index contributed by atoms with van der Waals surface area (Å²) >= 11 is 1.17. The van der Waals surface area contributed by atoms with E-state index in [0.29, 0.717) is 22.8 Å². The zero-order chi connectivity index (χ0) is 22.8. The first-order valence-electron chi connectivity index (χ1n) is 10.2. The number of imidazole rings is 1. The number of aryl methyl sites for hydroxylation is 1. The van der Waals surface area contributed by atoms with Crippen molar-refractivity contribution in [1.29, 1.82) is 0 Å². The van der Waals surface area contributed by atoms with Crippen molar-refractivity contribution in [2.75, 3.05) is 7.11 Å². The van der Waals surface area contributed by atoms with E-state index in [2.05, 4.69) is 18.7 Å². The molecule has 5 aromatic rings. The fourth-order valence-corrected chi connectivity index (χ4v) is 4.07. The Kier molecular flexibility index (Phi) is 5.50. The van der Waals surface area contributed by atoms with E-state index in [1.165, 1.54) is 18.8 Å². The Morgan fingerprint density at radius 1 is 0.970 bits per heavy atom. The molecule has 0 saturated carbocycles. The zero-order valence-electron chi connectivity index (χ0n) is 17.9. The second-order valence-corrected chi connectivity index (χ2v) is 7.93. The fraction of sp³-hybridized carbons (Fsp3) is 0.0800. The highest BCUT2D eigenvalue weighted by Crippen LogP contribution is 2.33. The molecular weight excluding hydrogens is 434 g/mol. The first kappa shape index (κ1) is 20.7. The molecule has 8 heteroatoms. The van der Waals surface area contributed by atoms with Crippen molar-refractivity contribution >= 4 is 40.4 Å². The molecule has 0 aliphatic heterocycles. The molecule has 0 bridgehead atoms. The molecule has 0 atom stereocenters. The van der Waals surface area contributed by atoms with Gasteiger partial charge in [0.05, 0.1) is 35.9 Å². The number of fused-ring (bicyclic) bond motifs is 1. The van der Waals surface area contributed by atoms with Crippen molar-refractivity contribution in [3.05, 3.63) is 83.8 Å². The molecule has 3 aromatic heterocycles. The Balaban J connectivity index is 1.72. The van der Waals surface area contributed by atoms with Gasteiger partial charge in [-0.25, -0.2) is 9.78 Å². The molecule has 0 spiro atoms. The standard InChI is InChI=1S/C25H19N5O2S/c1-15-7-6-10-20(26-15)23-22(17-11-12-19-21(14-17)30-33-29-19)27-24(28-23)18(25(31)32-2)13-16-8-4-3-5-9-16/h3-14H,1-2H3,(H,27,28). The van der Waals surface area contributed by atoms with Gasteiger partial charge in [-0.1, -0.05) is 42.5 Å². The minimum atomic E-state index is -0.484. The molecule has 0 radical (unpaired) electrons. The second kappa shape index (κ2) is 8.76. The molecule has 5 rings (SSSR count). The quantitative estimate of drug-likeness (QED) is 0.292. The highest BCUT2D eigenvalue weighted by Gasteiger charge is 2.22. The number of nitrogens with zero attached hydrogens (tertiary/aromatic N) is 4. The van der Waals surface area contributed by atoms with E-state index in [1.807, 2.05) is 73.7 Å². The summed E-state index contributed by atoms with van der Waals surface area (Å²) in [5, 5.41) is 0. The number of aromatic nitrogens is 5. The number of esters is 1. The van der Waals surface area contributed by atoms with Crippen LogP contribution in [0.1, 0.15) is 17.1 Å². The second-order valence-electron chi connectivity index (χ2n) is 7.40. The molecule has 3 heterocycles. The number of nitrogens with one attached hydrogen (secondary N) is 1. The summed E-state index contributed by atoms with van der Waals surface area (Å²) in [5.41, 5.74) is 6.62. The van der Waals surface area contributed by atoms with Gasteiger partial charge in [-0.2, -0.15) is 8.75 Å². The van der Waals surface area contributed by atoms with Gasteiger partial charge in [-0.05, 0) is 42.8 Å². The van der Waals surface area contributed by atoms with E-state index < -0.39 is 5.97 Å². The normalized spacial score (nSPS) is 11.6. The van der Waals surface area contributed by atoms with Crippen LogP contribution < -0.4 is 0 Å². The first-order chi connectivity index (χ1) is 16.1. The molecule has 1 N–H and O–H groups in total. The number of hydrogen-bond acceptors (Lipinski definition) is 7. The van der Waals surface area contributed by atoms with Gasteiger partial charge < -0.3 is 9.72 Å². The van der Waals surface area contributed by atoms with E-state index in [1.54, 1.807) is 6.08 Å². The van der Waals surface area contributed by atoms with Gasteiger partial charge in [0.1, 0.15) is 22.4 Å². The monoisotopic (exact) mass is 453 g/mol. The zero-order valence-corrected chi connectivity index (χ0v) is 18.8. The predicted octanol–water partition coefficient (Wildman–Crippen LogP) is 5.17. The van der Waals surface area contributed by atoms with Crippen LogP contribution in [0.5, 0.6) is 0 Å². The lowest BCUT2D eigenvalue weighted by molar-refractivity contribution is -0.133. The van der Waals surface area contributed by atoms with Gasteiger partial charge in [0, 0.05) is 11.3 Å². The lowest BCUT2D eigenvalue weighted by Gasteiger charge is -2.04. The maximum atomic E-state index is 12.7. The fourth-order valence-electron chi connectivity index (χ4n) is 3.56. The van der Waals surface area contributed by atoms with Crippen molar-refractivity contribution in [2.24, 2.45) is 0 Å². The average Bonchev–Trinajstić information content (AvgIpc) is 3.49. The summed E-state index contributed by atoms with van der Waals surface area (Å²) in [7, 11) is 1.36. The molecule has 0 aliphatic rings. The van der Waals surface area contributed by atoms with Crippen LogP contribution in [0.3, 0.4) is 0 Å². The van der Waals surface area contributed by atoms with Gasteiger partial charge in [-0.3, -0.25) is 4.98 Å². The van der Waals surface area contributed by atoms with Crippen molar-refractivity contribution in [1.82, 2.24) is 23.7 Å². The highest BCUT2D eigenvalue weighted by molar-refractivity contribution is 7.00. The number of H-pyrrole nitrogens is 1. The molecule has 0 amide bonds. The molecule has 0 fully saturated rings. The van der Waals surface area contributed by atoms with Gasteiger partial charge in [0.2, 0.25) is 0 Å². The Labute approximate surface area is 194 Å². The molecule has 7 nitrogen and oxygen atoms in total.